The molecule has 2 aromatic heterocycles. The highest BCUT2D eigenvalue weighted by molar-refractivity contribution is 5.99. The molecule has 3 aromatic rings. The summed E-state index contributed by atoms with van der Waals surface area (Å²) >= 11 is 0. The topological polar surface area (TPSA) is 81.2 Å². The van der Waals surface area contributed by atoms with Gasteiger partial charge in [0.25, 0.3) is 0 Å². The summed E-state index contributed by atoms with van der Waals surface area (Å²) in [5.74, 6) is 1.15. The summed E-state index contributed by atoms with van der Waals surface area (Å²) < 4.78 is 0. The number of aryl methyl sites for hydroxylation is 1. The van der Waals surface area contributed by atoms with E-state index < -0.39 is 0 Å². The molecule has 144 valence electrons. The van der Waals surface area contributed by atoms with Gasteiger partial charge in [0.15, 0.2) is 5.65 Å². The van der Waals surface area contributed by atoms with Gasteiger partial charge in [0.1, 0.15) is 12.1 Å². The van der Waals surface area contributed by atoms with Crippen molar-refractivity contribution < 1.29 is 4.79 Å². The average Bonchev–Trinajstić information content (AvgIpc) is 3.32. The molecule has 2 fully saturated rings. The molecule has 0 saturated carbocycles. The molecule has 1 amide bonds. The largest absolute Gasteiger partial charge is 0.353 e. The molecule has 8 nitrogen and oxygen atoms in total. The van der Waals surface area contributed by atoms with Crippen LogP contribution in [0.25, 0.3) is 11.0 Å². The summed E-state index contributed by atoms with van der Waals surface area (Å²) in [4.78, 5) is 28.2. The minimum Gasteiger partial charge on any atom is -0.353 e. The van der Waals surface area contributed by atoms with E-state index in [9.17, 15) is 4.79 Å². The van der Waals surface area contributed by atoms with Gasteiger partial charge in [-0.1, -0.05) is 18.2 Å². The van der Waals surface area contributed by atoms with Gasteiger partial charge < -0.3 is 9.80 Å². The van der Waals surface area contributed by atoms with Gasteiger partial charge in [0, 0.05) is 44.1 Å². The van der Waals surface area contributed by atoms with Crippen LogP contribution in [0.2, 0.25) is 0 Å². The van der Waals surface area contributed by atoms with Crippen molar-refractivity contribution in [3.05, 3.63) is 42.4 Å². The lowest BCUT2D eigenvalue weighted by atomic mass is 10.1. The number of amides is 1. The maximum Gasteiger partial charge on any atom is 0.244 e. The second-order valence-corrected chi connectivity index (χ2v) is 7.40. The number of fused-ring (bicyclic) bond motifs is 1. The van der Waals surface area contributed by atoms with Gasteiger partial charge in [-0.25, -0.2) is 9.97 Å². The first kappa shape index (κ1) is 17.1. The third-order valence-electron chi connectivity index (χ3n) is 5.81. The number of H-pyrrole nitrogens is 1. The van der Waals surface area contributed by atoms with Gasteiger partial charge in [-0.3, -0.25) is 14.8 Å². The van der Waals surface area contributed by atoms with Crippen molar-refractivity contribution in [3.63, 3.8) is 0 Å². The molecule has 1 aromatic carbocycles. The SMILES string of the molecule is Cc1[nH]nc2ncnc(N3CCN(C4CCN(c5ccccc5)C4=O)CC3)c12. The van der Waals surface area contributed by atoms with Gasteiger partial charge in [-0.15, -0.1) is 0 Å². The Morgan fingerprint density at radius 1 is 1.04 bits per heavy atom. The molecule has 2 aliphatic rings. The van der Waals surface area contributed by atoms with Crippen LogP contribution in [-0.4, -0.2) is 69.7 Å². The first-order valence-corrected chi connectivity index (χ1v) is 9.73. The minimum atomic E-state index is -0.0246. The zero-order valence-electron chi connectivity index (χ0n) is 15.9. The number of anilines is 2. The average molecular weight is 377 g/mol. The molecular formula is C20H23N7O. The molecule has 0 aliphatic carbocycles. The number of benzene rings is 1. The van der Waals surface area contributed by atoms with E-state index in [0.29, 0.717) is 5.65 Å². The quantitative estimate of drug-likeness (QED) is 0.747. The second-order valence-electron chi connectivity index (χ2n) is 7.40. The van der Waals surface area contributed by atoms with E-state index in [1.54, 1.807) is 6.33 Å². The van der Waals surface area contributed by atoms with Gasteiger partial charge in [-0.2, -0.15) is 5.10 Å². The number of para-hydroxylation sites is 1. The second kappa shape index (κ2) is 6.87. The van der Waals surface area contributed by atoms with Crippen molar-refractivity contribution in [1.29, 1.82) is 0 Å². The van der Waals surface area contributed by atoms with E-state index in [2.05, 4.69) is 30.0 Å². The van der Waals surface area contributed by atoms with Gasteiger partial charge in [0.05, 0.1) is 11.4 Å². The third-order valence-corrected chi connectivity index (χ3v) is 5.81. The van der Waals surface area contributed by atoms with Gasteiger partial charge >= 0.3 is 0 Å². The zero-order valence-corrected chi connectivity index (χ0v) is 15.9. The van der Waals surface area contributed by atoms with Crippen LogP contribution >= 0.6 is 0 Å². The Hall–Kier alpha value is -3.00. The summed E-state index contributed by atoms with van der Waals surface area (Å²) in [6, 6.07) is 9.93. The highest BCUT2D eigenvalue weighted by Gasteiger charge is 2.38. The number of aromatic nitrogens is 4. The van der Waals surface area contributed by atoms with Crippen LogP contribution in [0.5, 0.6) is 0 Å². The smallest absolute Gasteiger partial charge is 0.244 e. The number of carbonyl (C=O) groups excluding carboxylic acids is 1. The molecule has 1 N–H and O–H groups in total. The third kappa shape index (κ3) is 2.80. The van der Waals surface area contributed by atoms with Crippen LogP contribution in [0.3, 0.4) is 0 Å². The Kier molecular flexibility index (Phi) is 4.20. The number of piperazine rings is 1. The molecule has 4 heterocycles. The number of carbonyl (C=O) groups is 1. The van der Waals surface area contributed by atoms with Crippen molar-refractivity contribution in [2.24, 2.45) is 0 Å². The highest BCUT2D eigenvalue weighted by atomic mass is 16.2. The fraction of sp³-hybridized carbons (Fsp3) is 0.400. The Bertz CT molecular complexity index is 994. The summed E-state index contributed by atoms with van der Waals surface area (Å²) in [7, 11) is 0. The maximum absolute atomic E-state index is 13.0. The first-order valence-electron chi connectivity index (χ1n) is 9.73. The van der Waals surface area contributed by atoms with Crippen LogP contribution in [0.1, 0.15) is 12.1 Å². The number of nitrogens with zero attached hydrogens (tertiary/aromatic N) is 6. The normalized spacial score (nSPS) is 21.0. The molecule has 0 spiro atoms. The lowest BCUT2D eigenvalue weighted by Gasteiger charge is -2.38. The van der Waals surface area contributed by atoms with Crippen LogP contribution in [0.15, 0.2) is 36.7 Å². The molecule has 0 radical (unpaired) electrons. The summed E-state index contributed by atoms with van der Waals surface area (Å²) in [6.07, 6.45) is 2.45. The monoisotopic (exact) mass is 377 g/mol. The van der Waals surface area contributed by atoms with Crippen molar-refractivity contribution in [1.82, 2.24) is 25.1 Å². The molecule has 28 heavy (non-hydrogen) atoms. The van der Waals surface area contributed by atoms with Crippen LogP contribution in [0, 0.1) is 6.92 Å². The van der Waals surface area contributed by atoms with E-state index in [1.165, 1.54) is 0 Å². The minimum absolute atomic E-state index is 0.0246. The number of hydrogen-bond acceptors (Lipinski definition) is 6. The zero-order chi connectivity index (χ0) is 19.1. The van der Waals surface area contributed by atoms with Crippen molar-refractivity contribution >= 4 is 28.4 Å². The molecule has 2 saturated heterocycles. The molecule has 1 unspecified atom stereocenters. The van der Waals surface area contributed by atoms with Crippen molar-refractivity contribution in [2.75, 3.05) is 42.5 Å². The summed E-state index contributed by atoms with van der Waals surface area (Å²) in [5.41, 5.74) is 2.68. The van der Waals surface area contributed by atoms with Crippen molar-refractivity contribution in [2.45, 2.75) is 19.4 Å². The summed E-state index contributed by atoms with van der Waals surface area (Å²) in [5, 5.41) is 8.22. The Balaban J connectivity index is 1.29. The van der Waals surface area contributed by atoms with Crippen molar-refractivity contribution in [3.8, 4) is 0 Å². The van der Waals surface area contributed by atoms with Crippen LogP contribution in [-0.2, 0) is 4.79 Å². The molecular weight excluding hydrogens is 354 g/mol. The fourth-order valence-corrected chi connectivity index (χ4v) is 4.33. The lowest BCUT2D eigenvalue weighted by Crippen LogP contribution is -2.52. The number of rotatable bonds is 3. The predicted octanol–water partition coefficient (Wildman–Crippen LogP) is 1.59. The fourth-order valence-electron chi connectivity index (χ4n) is 4.33. The van der Waals surface area contributed by atoms with Crippen LogP contribution in [0.4, 0.5) is 11.5 Å². The lowest BCUT2D eigenvalue weighted by molar-refractivity contribution is -0.121. The number of aromatic amines is 1. The van der Waals surface area contributed by atoms with Crippen LogP contribution < -0.4 is 9.80 Å². The van der Waals surface area contributed by atoms with E-state index in [0.717, 1.165) is 61.7 Å². The molecule has 1 atom stereocenters. The first-order chi connectivity index (χ1) is 13.7. The Labute approximate surface area is 163 Å². The summed E-state index contributed by atoms with van der Waals surface area (Å²) in [6.45, 7) is 6.16. The molecule has 2 aliphatic heterocycles. The molecule has 8 heteroatoms. The Morgan fingerprint density at radius 2 is 1.82 bits per heavy atom. The molecule has 5 rings (SSSR count). The maximum atomic E-state index is 13.0. The van der Waals surface area contributed by atoms with E-state index in [1.807, 2.05) is 42.2 Å². The Morgan fingerprint density at radius 3 is 2.61 bits per heavy atom. The number of hydrogen-bond donors (Lipinski definition) is 1. The standard InChI is InChI=1S/C20H23N7O/c1-14-17-18(24-23-14)21-13-22-19(17)26-11-9-25(10-12-26)16-7-8-27(20(16)28)15-5-3-2-4-6-15/h2-6,13,16H,7-12H2,1H3,(H,21,22,23,24). The van der Waals surface area contributed by atoms with E-state index >= 15 is 0 Å². The molecule has 0 bridgehead atoms. The predicted molar refractivity (Wildman–Crippen MR) is 107 cm³/mol. The van der Waals surface area contributed by atoms with E-state index in [4.69, 9.17) is 0 Å². The van der Waals surface area contributed by atoms with E-state index in [-0.39, 0.29) is 11.9 Å². The highest BCUT2D eigenvalue weighted by Crippen LogP contribution is 2.28. The van der Waals surface area contributed by atoms with Gasteiger partial charge in [0.2, 0.25) is 5.91 Å². The van der Waals surface area contributed by atoms with Gasteiger partial charge in [-0.05, 0) is 25.5 Å². The number of nitrogens with one attached hydrogen (secondary N) is 1.